The summed E-state index contributed by atoms with van der Waals surface area (Å²) < 4.78 is 9.31. The van der Waals surface area contributed by atoms with E-state index in [1.807, 2.05) is 24.3 Å². The van der Waals surface area contributed by atoms with Crippen molar-refractivity contribution in [1.29, 1.82) is 0 Å². The van der Waals surface area contributed by atoms with Gasteiger partial charge >= 0.3 is 5.69 Å². The second-order valence-corrected chi connectivity index (χ2v) is 6.61. The lowest BCUT2D eigenvalue weighted by Crippen LogP contribution is -2.19. The molecule has 2 heterocycles. The van der Waals surface area contributed by atoms with Crippen molar-refractivity contribution in [3.8, 4) is 0 Å². The molecule has 2 aromatic heterocycles. The Morgan fingerprint density at radius 2 is 1.76 bits per heavy atom. The van der Waals surface area contributed by atoms with Crippen molar-refractivity contribution in [3.05, 3.63) is 63.8 Å². The van der Waals surface area contributed by atoms with E-state index in [9.17, 15) is 4.79 Å². The van der Waals surface area contributed by atoms with Crippen molar-refractivity contribution in [2.45, 2.75) is 20.4 Å². The fourth-order valence-corrected chi connectivity index (χ4v) is 3.35. The Kier molecular flexibility index (Phi) is 3.46. The Morgan fingerprint density at radius 3 is 2.56 bits per heavy atom. The number of benzene rings is 2. The van der Waals surface area contributed by atoms with Crippen molar-refractivity contribution in [3.63, 3.8) is 0 Å². The van der Waals surface area contributed by atoms with Crippen molar-refractivity contribution >= 4 is 27.7 Å². The third-order valence-corrected chi connectivity index (χ3v) is 4.92. The number of aryl methyl sites for hydroxylation is 4. The minimum Gasteiger partial charge on any atom is -0.459 e. The molecule has 0 aliphatic heterocycles. The van der Waals surface area contributed by atoms with Crippen LogP contribution in [0.4, 0.5) is 5.69 Å². The number of furan rings is 1. The number of nitrogens with one attached hydrogen (secondary N) is 1. The van der Waals surface area contributed by atoms with E-state index in [0.29, 0.717) is 6.54 Å². The lowest BCUT2D eigenvalue weighted by molar-refractivity contribution is 0.555. The summed E-state index contributed by atoms with van der Waals surface area (Å²) in [6.07, 6.45) is 0. The van der Waals surface area contributed by atoms with E-state index in [2.05, 4.69) is 31.3 Å². The van der Waals surface area contributed by atoms with Crippen molar-refractivity contribution < 1.29 is 4.42 Å². The normalized spacial score (nSPS) is 11.5. The maximum absolute atomic E-state index is 12.0. The Morgan fingerprint density at radius 1 is 1.00 bits per heavy atom. The summed E-state index contributed by atoms with van der Waals surface area (Å²) in [5.41, 5.74) is 6.09. The quantitative estimate of drug-likeness (QED) is 0.619. The van der Waals surface area contributed by atoms with Gasteiger partial charge in [-0.3, -0.25) is 9.13 Å². The van der Waals surface area contributed by atoms with Crippen LogP contribution in [0.2, 0.25) is 0 Å². The minimum atomic E-state index is -0.0179. The minimum absolute atomic E-state index is 0.0179. The second kappa shape index (κ2) is 5.55. The molecule has 0 amide bonds. The lowest BCUT2D eigenvalue weighted by atomic mass is 10.1. The summed E-state index contributed by atoms with van der Waals surface area (Å²) >= 11 is 0. The van der Waals surface area contributed by atoms with Crippen LogP contribution in [-0.2, 0) is 20.6 Å². The molecule has 0 saturated heterocycles. The second-order valence-electron chi connectivity index (χ2n) is 6.61. The van der Waals surface area contributed by atoms with Gasteiger partial charge in [0.05, 0.1) is 17.6 Å². The molecule has 5 nitrogen and oxygen atoms in total. The molecule has 0 bridgehead atoms. The van der Waals surface area contributed by atoms with Crippen molar-refractivity contribution in [2.24, 2.45) is 14.1 Å². The first kappa shape index (κ1) is 15.6. The molecule has 4 rings (SSSR count). The van der Waals surface area contributed by atoms with E-state index < -0.39 is 0 Å². The van der Waals surface area contributed by atoms with Gasteiger partial charge in [-0.15, -0.1) is 0 Å². The first-order valence-electron chi connectivity index (χ1n) is 8.33. The number of imidazole rings is 1. The van der Waals surface area contributed by atoms with Crippen LogP contribution in [0, 0.1) is 13.8 Å². The van der Waals surface area contributed by atoms with Crippen LogP contribution in [0.15, 0.2) is 45.6 Å². The zero-order valence-electron chi connectivity index (χ0n) is 14.9. The van der Waals surface area contributed by atoms with Gasteiger partial charge < -0.3 is 9.73 Å². The highest BCUT2D eigenvalue weighted by Crippen LogP contribution is 2.27. The average molecular weight is 335 g/mol. The Hall–Kier alpha value is -2.95. The Balaban J connectivity index is 1.65. The van der Waals surface area contributed by atoms with Gasteiger partial charge in [-0.25, -0.2) is 4.79 Å². The Bertz CT molecular complexity index is 1160. The highest BCUT2D eigenvalue weighted by Gasteiger charge is 2.11. The van der Waals surface area contributed by atoms with Gasteiger partial charge in [-0.1, -0.05) is 11.6 Å². The van der Waals surface area contributed by atoms with E-state index in [-0.39, 0.29) is 5.69 Å². The predicted octanol–water partition coefficient (Wildman–Crippen LogP) is 3.85. The van der Waals surface area contributed by atoms with E-state index in [1.165, 1.54) is 11.1 Å². The third kappa shape index (κ3) is 2.43. The molecular formula is C20H21N3O2. The van der Waals surface area contributed by atoms with Gasteiger partial charge in [0, 0.05) is 30.7 Å². The number of anilines is 1. The maximum atomic E-state index is 12.0. The molecule has 4 aromatic rings. The van der Waals surface area contributed by atoms with Gasteiger partial charge in [-0.05, 0) is 44.2 Å². The first-order valence-corrected chi connectivity index (χ1v) is 8.33. The average Bonchev–Trinajstić information content (AvgIpc) is 3.03. The summed E-state index contributed by atoms with van der Waals surface area (Å²) in [4.78, 5) is 12.0. The zero-order chi connectivity index (χ0) is 17.7. The number of nitrogens with zero attached hydrogens (tertiary/aromatic N) is 2. The van der Waals surface area contributed by atoms with Gasteiger partial charge in [0.15, 0.2) is 0 Å². The summed E-state index contributed by atoms with van der Waals surface area (Å²) in [6, 6.07) is 12.2. The van der Waals surface area contributed by atoms with Crippen LogP contribution in [0.3, 0.4) is 0 Å². The molecule has 0 radical (unpaired) electrons. The van der Waals surface area contributed by atoms with Crippen molar-refractivity contribution in [2.75, 3.05) is 5.32 Å². The monoisotopic (exact) mass is 335 g/mol. The predicted molar refractivity (Wildman–Crippen MR) is 101 cm³/mol. The largest absolute Gasteiger partial charge is 0.459 e. The van der Waals surface area contributed by atoms with E-state index in [0.717, 1.165) is 33.5 Å². The Labute approximate surface area is 145 Å². The number of aromatic nitrogens is 2. The molecule has 1 N–H and O–H groups in total. The molecule has 0 unspecified atom stereocenters. The SMILES string of the molecule is Cc1ccc2oc(CNc3ccc4c(c3)n(C)c(=O)n4C)c(C)c2c1. The number of hydrogen-bond donors (Lipinski definition) is 1. The van der Waals surface area contributed by atoms with Crippen LogP contribution in [-0.4, -0.2) is 9.13 Å². The summed E-state index contributed by atoms with van der Waals surface area (Å²) in [7, 11) is 3.58. The van der Waals surface area contributed by atoms with Gasteiger partial charge in [0.1, 0.15) is 11.3 Å². The van der Waals surface area contributed by atoms with E-state index >= 15 is 0 Å². The lowest BCUT2D eigenvalue weighted by Gasteiger charge is -2.06. The standard InChI is InChI=1S/C20H21N3O2/c1-12-5-8-18-15(9-12)13(2)19(25-18)11-21-14-6-7-16-17(10-14)23(4)20(24)22(16)3/h5-10,21H,11H2,1-4H3. The van der Waals surface area contributed by atoms with E-state index in [4.69, 9.17) is 4.42 Å². The van der Waals surface area contributed by atoms with Crippen LogP contribution in [0.1, 0.15) is 16.9 Å². The van der Waals surface area contributed by atoms with Crippen LogP contribution >= 0.6 is 0 Å². The van der Waals surface area contributed by atoms with Crippen molar-refractivity contribution in [1.82, 2.24) is 9.13 Å². The molecule has 5 heteroatoms. The molecule has 0 fully saturated rings. The van der Waals surface area contributed by atoms with Gasteiger partial charge in [0.2, 0.25) is 0 Å². The van der Waals surface area contributed by atoms with Crippen LogP contribution in [0.5, 0.6) is 0 Å². The molecule has 0 atom stereocenters. The third-order valence-electron chi connectivity index (χ3n) is 4.92. The summed E-state index contributed by atoms with van der Waals surface area (Å²) in [5, 5.41) is 4.57. The highest BCUT2D eigenvalue weighted by molar-refractivity contribution is 5.83. The van der Waals surface area contributed by atoms with E-state index in [1.54, 1.807) is 23.2 Å². The number of hydrogen-bond acceptors (Lipinski definition) is 3. The molecule has 2 aromatic carbocycles. The first-order chi connectivity index (χ1) is 12.0. The number of fused-ring (bicyclic) bond motifs is 2. The zero-order valence-corrected chi connectivity index (χ0v) is 14.9. The molecule has 128 valence electrons. The molecule has 0 saturated carbocycles. The van der Waals surface area contributed by atoms with Gasteiger partial charge in [0.25, 0.3) is 0 Å². The molecule has 0 spiro atoms. The summed E-state index contributed by atoms with van der Waals surface area (Å²) in [6.45, 7) is 4.78. The number of rotatable bonds is 3. The fourth-order valence-electron chi connectivity index (χ4n) is 3.35. The maximum Gasteiger partial charge on any atom is 0.328 e. The highest BCUT2D eigenvalue weighted by atomic mass is 16.3. The molecule has 0 aliphatic rings. The molecular weight excluding hydrogens is 314 g/mol. The topological polar surface area (TPSA) is 52.1 Å². The molecule has 25 heavy (non-hydrogen) atoms. The van der Waals surface area contributed by atoms with Crippen LogP contribution < -0.4 is 11.0 Å². The van der Waals surface area contributed by atoms with Crippen LogP contribution in [0.25, 0.3) is 22.0 Å². The summed E-state index contributed by atoms with van der Waals surface area (Å²) in [5.74, 6) is 0.933. The van der Waals surface area contributed by atoms with Gasteiger partial charge in [-0.2, -0.15) is 0 Å². The fraction of sp³-hybridized carbons (Fsp3) is 0.250. The smallest absolute Gasteiger partial charge is 0.328 e. The molecule has 0 aliphatic carbocycles.